The number of benzene rings is 2. The maximum atomic E-state index is 14.1. The van der Waals surface area contributed by atoms with Crippen LogP contribution >= 0.6 is 11.3 Å². The van der Waals surface area contributed by atoms with Crippen LogP contribution in [0, 0.1) is 18.8 Å². The third-order valence-corrected chi connectivity index (χ3v) is 10.6. The number of aliphatic hydroxyl groups is 1. The fourth-order valence-corrected chi connectivity index (χ4v) is 7.95. The second kappa shape index (κ2) is 14.6. The summed E-state index contributed by atoms with van der Waals surface area (Å²) in [4.78, 5) is 17.8. The van der Waals surface area contributed by atoms with Crippen molar-refractivity contribution in [1.29, 1.82) is 0 Å². The molecule has 260 valence electrons. The van der Waals surface area contributed by atoms with E-state index in [-0.39, 0.29) is 54.4 Å². The van der Waals surface area contributed by atoms with Gasteiger partial charge in [-0.05, 0) is 55.5 Å². The number of aliphatic hydroxyl groups excluding tert-OH is 1. The van der Waals surface area contributed by atoms with Crippen molar-refractivity contribution in [3.05, 3.63) is 64.1 Å². The van der Waals surface area contributed by atoms with Crippen LogP contribution in [0.2, 0.25) is 0 Å². The zero-order valence-corrected chi connectivity index (χ0v) is 28.2. The standard InChI is InChI=1S/C33H41N3O10S2/c1-20(2)14-35(48(40,41)25-8-9-30-31(13-25)46-19-45-30)15-29(37)27(36(33(38)39)28-17-44-32-26(28)10-11-42-32)12-22-4-6-24(7-5-22)43-16-23-18-47-21(3)34-23/h4-9,13,18,20,26-29,32,37H,10-12,14-17,19H2,1-3H3,(H,38,39)/t26-,27-,28-,29+,32+/m0/s1/i16D2,17D,27D,32D/t17?,26-,27-,28-,29+,32+. The van der Waals surface area contributed by atoms with Gasteiger partial charge in [0, 0.05) is 30.5 Å². The van der Waals surface area contributed by atoms with Crippen LogP contribution in [0.25, 0.3) is 0 Å². The van der Waals surface area contributed by atoms with Crippen molar-refractivity contribution in [2.45, 2.75) is 69.5 Å². The molecule has 4 heterocycles. The Kier molecular flexibility index (Phi) is 8.61. The number of hydrogen-bond donors (Lipinski definition) is 2. The summed E-state index contributed by atoms with van der Waals surface area (Å²) in [7, 11) is -4.37. The summed E-state index contributed by atoms with van der Waals surface area (Å²) < 4.78 is 100. The first-order valence-electron chi connectivity index (χ1n) is 18.0. The van der Waals surface area contributed by atoms with Gasteiger partial charge in [0.15, 0.2) is 17.8 Å². The molecular weight excluding hydrogens is 663 g/mol. The van der Waals surface area contributed by atoms with Crippen LogP contribution in [0.4, 0.5) is 4.79 Å². The lowest BCUT2D eigenvalue weighted by Crippen LogP contribution is -2.57. The third kappa shape index (κ3) is 7.56. The number of ether oxygens (including phenoxy) is 5. The van der Waals surface area contributed by atoms with Crippen LogP contribution < -0.4 is 14.2 Å². The van der Waals surface area contributed by atoms with E-state index < -0.39 is 72.6 Å². The molecule has 13 nitrogen and oxygen atoms in total. The van der Waals surface area contributed by atoms with Gasteiger partial charge in [-0.2, -0.15) is 4.31 Å². The molecular formula is C33H41N3O10S2. The molecule has 1 amide bonds. The summed E-state index contributed by atoms with van der Waals surface area (Å²) in [6.07, 6.45) is -6.13. The number of aromatic nitrogens is 1. The summed E-state index contributed by atoms with van der Waals surface area (Å²) >= 11 is 1.26. The van der Waals surface area contributed by atoms with E-state index in [9.17, 15) is 24.8 Å². The number of rotatable bonds is 14. The van der Waals surface area contributed by atoms with Gasteiger partial charge in [-0.3, -0.25) is 4.90 Å². The molecule has 2 saturated heterocycles. The van der Waals surface area contributed by atoms with E-state index in [0.717, 1.165) is 4.31 Å². The van der Waals surface area contributed by atoms with E-state index in [1.54, 1.807) is 26.2 Å². The number of aryl methyl sites for hydroxylation is 1. The number of carboxylic acid groups (broad SMARTS) is 1. The van der Waals surface area contributed by atoms with E-state index in [0.29, 0.717) is 21.2 Å². The Morgan fingerprint density at radius 3 is 2.69 bits per heavy atom. The Hall–Kier alpha value is -3.47. The van der Waals surface area contributed by atoms with Gasteiger partial charge in [0.1, 0.15) is 12.3 Å². The van der Waals surface area contributed by atoms with Crippen molar-refractivity contribution in [1.82, 2.24) is 14.2 Å². The predicted octanol–water partition coefficient (Wildman–Crippen LogP) is 4.12. The number of nitrogens with zero attached hydrogens (tertiary/aromatic N) is 3. The average molecular weight is 709 g/mol. The van der Waals surface area contributed by atoms with Crippen molar-refractivity contribution in [3.8, 4) is 17.2 Å². The Balaban J connectivity index is 1.36. The molecule has 3 aliphatic rings. The van der Waals surface area contributed by atoms with Crippen molar-refractivity contribution in [3.63, 3.8) is 0 Å². The first-order chi connectivity index (χ1) is 24.8. The van der Waals surface area contributed by atoms with Crippen LogP contribution in [0.5, 0.6) is 17.2 Å². The first-order valence-corrected chi connectivity index (χ1v) is 17.7. The smallest absolute Gasteiger partial charge is 0.407 e. The highest BCUT2D eigenvalue weighted by atomic mass is 32.2. The lowest BCUT2D eigenvalue weighted by atomic mass is 9.93. The minimum absolute atomic E-state index is 0.0454. The van der Waals surface area contributed by atoms with Crippen LogP contribution in [-0.4, -0.2) is 96.4 Å². The van der Waals surface area contributed by atoms with Gasteiger partial charge in [0.25, 0.3) is 0 Å². The van der Waals surface area contributed by atoms with Gasteiger partial charge in [0.2, 0.25) is 16.8 Å². The van der Waals surface area contributed by atoms with Gasteiger partial charge < -0.3 is 33.9 Å². The molecule has 2 N–H and O–H groups in total. The van der Waals surface area contributed by atoms with Crippen molar-refractivity contribution in [2.75, 3.05) is 33.1 Å². The maximum Gasteiger partial charge on any atom is 0.407 e. The normalized spacial score (nSPS) is 27.0. The number of amides is 1. The summed E-state index contributed by atoms with van der Waals surface area (Å²) in [5, 5.41) is 25.0. The SMILES string of the molecule is [2H]C1O[C@@]2([2H])OCC[C@H]2[C@H]1N(C(=O)O)[C@@]([2H])(Cc1ccc(OC([2H])([2H])c2csc(C)n2)cc1)[C@H](O)CN(CC(C)C)S(=O)(=O)c1ccc2c(c1)OCO2. The molecule has 2 aromatic carbocycles. The summed E-state index contributed by atoms with van der Waals surface area (Å²) in [5.74, 6) is -0.576. The highest BCUT2D eigenvalue weighted by Gasteiger charge is 2.49. The summed E-state index contributed by atoms with van der Waals surface area (Å²) in [6.45, 7) is 0.460. The maximum absolute atomic E-state index is 14.1. The zero-order valence-electron chi connectivity index (χ0n) is 31.6. The minimum Gasteiger partial charge on any atom is -0.487 e. The molecule has 3 aromatic rings. The monoisotopic (exact) mass is 708 g/mol. The molecule has 3 aliphatic heterocycles. The van der Waals surface area contributed by atoms with Gasteiger partial charge in [-0.15, -0.1) is 11.3 Å². The van der Waals surface area contributed by atoms with Crippen LogP contribution in [0.15, 0.2) is 52.7 Å². The largest absolute Gasteiger partial charge is 0.487 e. The third-order valence-electron chi connectivity index (χ3n) is 8.04. The quantitative estimate of drug-likeness (QED) is 0.248. The Labute approximate surface area is 291 Å². The number of carbonyl (C=O) groups is 1. The van der Waals surface area contributed by atoms with Crippen molar-refractivity contribution in [2.24, 2.45) is 11.8 Å². The number of fused-ring (bicyclic) bond motifs is 2. The Morgan fingerprint density at radius 2 is 1.98 bits per heavy atom. The topological polar surface area (TPSA) is 157 Å². The molecule has 1 unspecified atom stereocenters. The summed E-state index contributed by atoms with van der Waals surface area (Å²) in [5.41, 5.74) is 0.387. The molecule has 0 spiro atoms. The van der Waals surface area contributed by atoms with Crippen molar-refractivity contribution >= 4 is 27.5 Å². The first kappa shape index (κ1) is 28.4. The molecule has 15 heteroatoms. The lowest BCUT2D eigenvalue weighted by Gasteiger charge is -2.39. The van der Waals surface area contributed by atoms with E-state index in [1.807, 2.05) is 0 Å². The second-order valence-electron chi connectivity index (χ2n) is 12.0. The second-order valence-corrected chi connectivity index (χ2v) is 15.0. The van der Waals surface area contributed by atoms with Crippen LogP contribution in [0.1, 0.15) is 43.4 Å². The molecule has 1 aromatic heterocycles. The fourth-order valence-electron chi connectivity index (χ4n) is 5.79. The molecule has 0 radical (unpaired) electrons. The molecule has 0 bridgehead atoms. The van der Waals surface area contributed by atoms with Gasteiger partial charge in [0.05, 0.1) is 53.8 Å². The van der Waals surface area contributed by atoms with E-state index in [2.05, 4.69) is 4.98 Å². The van der Waals surface area contributed by atoms with Gasteiger partial charge in [-0.1, -0.05) is 26.0 Å². The highest BCUT2D eigenvalue weighted by molar-refractivity contribution is 7.89. The van der Waals surface area contributed by atoms with Gasteiger partial charge >= 0.3 is 6.09 Å². The molecule has 2 fully saturated rings. The predicted molar refractivity (Wildman–Crippen MR) is 175 cm³/mol. The fraction of sp³-hybridized carbons (Fsp3) is 0.515. The number of sulfonamides is 1. The zero-order chi connectivity index (χ0) is 38.5. The molecule has 0 saturated carbocycles. The highest BCUT2D eigenvalue weighted by Crippen LogP contribution is 2.37. The van der Waals surface area contributed by atoms with Crippen LogP contribution in [0.3, 0.4) is 0 Å². The van der Waals surface area contributed by atoms with E-state index in [1.165, 1.54) is 53.8 Å². The average Bonchev–Trinajstić information content (AvgIpc) is 3.86. The van der Waals surface area contributed by atoms with Crippen LogP contribution in [-0.2, 0) is 32.5 Å². The molecule has 48 heavy (non-hydrogen) atoms. The lowest BCUT2D eigenvalue weighted by molar-refractivity contribution is -0.0906. The van der Waals surface area contributed by atoms with E-state index >= 15 is 0 Å². The number of hydrogen-bond acceptors (Lipinski definition) is 11. The molecule has 0 aliphatic carbocycles. The summed E-state index contributed by atoms with van der Waals surface area (Å²) in [6, 6.07) is 5.85. The minimum atomic E-state index is -4.37. The van der Waals surface area contributed by atoms with E-state index in [4.69, 9.17) is 29.2 Å². The Morgan fingerprint density at radius 1 is 1.21 bits per heavy atom. The Bertz CT molecular complexity index is 1920. The molecule has 6 rings (SSSR count). The molecule has 6 atom stereocenters. The van der Waals surface area contributed by atoms with Crippen molar-refractivity contribution < 1.29 is 54.0 Å². The van der Waals surface area contributed by atoms with Gasteiger partial charge in [-0.25, -0.2) is 18.2 Å². The number of thiazole rings is 1.